The predicted molar refractivity (Wildman–Crippen MR) is 80.7 cm³/mol. The third kappa shape index (κ3) is 3.51. The second-order valence-corrected chi connectivity index (χ2v) is 6.10. The maximum atomic E-state index is 6.33. The van der Waals surface area contributed by atoms with Crippen LogP contribution in [0.4, 0.5) is 0 Å². The average molecular weight is 284 g/mol. The van der Waals surface area contributed by atoms with Crippen LogP contribution in [0.1, 0.15) is 50.4 Å². The summed E-state index contributed by atoms with van der Waals surface area (Å²) < 4.78 is 1.94. The summed E-state index contributed by atoms with van der Waals surface area (Å²) in [6, 6.07) is 0.638. The minimum atomic E-state index is 0.638. The molecule has 1 heterocycles. The number of nitrogens with zero attached hydrogens (tertiary/aromatic N) is 2. The van der Waals surface area contributed by atoms with E-state index in [9.17, 15) is 0 Å². The fourth-order valence-corrected chi connectivity index (χ4v) is 3.62. The molecule has 0 amide bonds. The molecule has 19 heavy (non-hydrogen) atoms. The molecule has 1 atom stereocenters. The van der Waals surface area contributed by atoms with E-state index in [1.165, 1.54) is 31.4 Å². The average Bonchev–Trinajstić information content (AvgIpc) is 2.97. The number of nitrogens with one attached hydrogen (secondary N) is 1. The zero-order valence-electron chi connectivity index (χ0n) is 12.4. The van der Waals surface area contributed by atoms with E-state index in [1.807, 2.05) is 18.7 Å². The van der Waals surface area contributed by atoms with Gasteiger partial charge in [0.25, 0.3) is 0 Å². The number of aromatic nitrogens is 2. The van der Waals surface area contributed by atoms with Gasteiger partial charge >= 0.3 is 0 Å². The first-order chi connectivity index (χ1) is 9.13. The molecule has 0 aliphatic heterocycles. The van der Waals surface area contributed by atoms with Crippen molar-refractivity contribution in [1.29, 1.82) is 0 Å². The smallest absolute Gasteiger partial charge is 0.0846 e. The minimum absolute atomic E-state index is 0.638. The van der Waals surface area contributed by atoms with Gasteiger partial charge < -0.3 is 5.32 Å². The first-order valence-corrected chi connectivity index (χ1v) is 7.92. The van der Waals surface area contributed by atoms with Crippen LogP contribution in [-0.2, 0) is 13.5 Å². The highest BCUT2D eigenvalue weighted by atomic mass is 35.5. The topological polar surface area (TPSA) is 29.9 Å². The van der Waals surface area contributed by atoms with Gasteiger partial charge in [0, 0.05) is 13.1 Å². The van der Waals surface area contributed by atoms with Crippen molar-refractivity contribution in [3.63, 3.8) is 0 Å². The van der Waals surface area contributed by atoms with Crippen molar-refractivity contribution >= 4 is 11.6 Å². The molecule has 0 spiro atoms. The van der Waals surface area contributed by atoms with Gasteiger partial charge in [-0.3, -0.25) is 4.68 Å². The van der Waals surface area contributed by atoms with Crippen molar-refractivity contribution in [2.75, 3.05) is 6.54 Å². The summed E-state index contributed by atoms with van der Waals surface area (Å²) in [5.41, 5.74) is 2.13. The fraction of sp³-hybridized carbons (Fsp3) is 0.800. The SMILES string of the molecule is CCNC(CCc1c(Cl)c(C)nn1C)C1CCCC1. The molecule has 1 aliphatic rings. The molecule has 108 valence electrons. The van der Waals surface area contributed by atoms with Crippen LogP contribution in [0, 0.1) is 12.8 Å². The van der Waals surface area contributed by atoms with Gasteiger partial charge in [-0.25, -0.2) is 0 Å². The molecule has 4 heteroatoms. The molecule has 1 saturated carbocycles. The van der Waals surface area contributed by atoms with Crippen LogP contribution < -0.4 is 5.32 Å². The molecule has 1 fully saturated rings. The highest BCUT2D eigenvalue weighted by molar-refractivity contribution is 6.31. The Morgan fingerprint density at radius 1 is 1.42 bits per heavy atom. The van der Waals surface area contributed by atoms with Crippen molar-refractivity contribution in [2.45, 2.75) is 58.4 Å². The molecule has 2 rings (SSSR count). The van der Waals surface area contributed by atoms with E-state index < -0.39 is 0 Å². The molecule has 1 aliphatic carbocycles. The Morgan fingerprint density at radius 2 is 2.11 bits per heavy atom. The zero-order valence-corrected chi connectivity index (χ0v) is 13.1. The molecular weight excluding hydrogens is 258 g/mol. The van der Waals surface area contributed by atoms with E-state index in [1.54, 1.807) is 0 Å². The van der Waals surface area contributed by atoms with E-state index in [0.29, 0.717) is 6.04 Å². The Morgan fingerprint density at radius 3 is 2.63 bits per heavy atom. The van der Waals surface area contributed by atoms with Crippen LogP contribution in [0.2, 0.25) is 5.02 Å². The maximum Gasteiger partial charge on any atom is 0.0846 e. The Hall–Kier alpha value is -0.540. The number of hydrogen-bond acceptors (Lipinski definition) is 2. The van der Waals surface area contributed by atoms with Gasteiger partial charge in [0.15, 0.2) is 0 Å². The van der Waals surface area contributed by atoms with Gasteiger partial charge in [0.1, 0.15) is 0 Å². The maximum absolute atomic E-state index is 6.33. The van der Waals surface area contributed by atoms with Gasteiger partial charge in [-0.15, -0.1) is 0 Å². The minimum Gasteiger partial charge on any atom is -0.314 e. The lowest BCUT2D eigenvalue weighted by atomic mass is 9.93. The van der Waals surface area contributed by atoms with Gasteiger partial charge in [-0.1, -0.05) is 31.4 Å². The van der Waals surface area contributed by atoms with Crippen LogP contribution >= 0.6 is 11.6 Å². The van der Waals surface area contributed by atoms with E-state index >= 15 is 0 Å². The van der Waals surface area contributed by atoms with E-state index in [4.69, 9.17) is 11.6 Å². The van der Waals surface area contributed by atoms with Crippen LogP contribution in [0.15, 0.2) is 0 Å². The van der Waals surface area contributed by atoms with Crippen LogP contribution in [-0.4, -0.2) is 22.4 Å². The monoisotopic (exact) mass is 283 g/mol. The highest BCUT2D eigenvalue weighted by Crippen LogP contribution is 2.30. The summed E-state index contributed by atoms with van der Waals surface area (Å²) in [5, 5.41) is 8.92. The third-order valence-corrected chi connectivity index (χ3v) is 4.88. The van der Waals surface area contributed by atoms with E-state index in [0.717, 1.165) is 36.0 Å². The standard InChI is InChI=1S/C15H26ClN3/c1-4-17-13(12-7-5-6-8-12)9-10-14-15(16)11(2)18-19(14)3/h12-13,17H,4-10H2,1-3H3. The van der Waals surface area contributed by atoms with Crippen LogP contribution in [0.5, 0.6) is 0 Å². The largest absolute Gasteiger partial charge is 0.314 e. The molecule has 0 saturated heterocycles. The highest BCUT2D eigenvalue weighted by Gasteiger charge is 2.24. The van der Waals surface area contributed by atoms with Gasteiger partial charge in [0.05, 0.1) is 16.4 Å². The van der Waals surface area contributed by atoms with Gasteiger partial charge in [-0.05, 0) is 45.1 Å². The Labute approximate surface area is 121 Å². The number of halogens is 1. The normalized spacial score (nSPS) is 18.1. The van der Waals surface area contributed by atoms with Crippen molar-refractivity contribution in [3.8, 4) is 0 Å². The first kappa shape index (κ1) is 14.9. The van der Waals surface area contributed by atoms with Gasteiger partial charge in [-0.2, -0.15) is 5.10 Å². The summed E-state index contributed by atoms with van der Waals surface area (Å²) in [4.78, 5) is 0. The summed E-state index contributed by atoms with van der Waals surface area (Å²) >= 11 is 6.33. The molecule has 0 radical (unpaired) electrons. The summed E-state index contributed by atoms with van der Waals surface area (Å²) in [7, 11) is 1.99. The Kier molecular flexibility index (Phi) is 5.28. The quantitative estimate of drug-likeness (QED) is 0.866. The predicted octanol–water partition coefficient (Wildman–Crippen LogP) is 3.48. The first-order valence-electron chi connectivity index (χ1n) is 7.54. The van der Waals surface area contributed by atoms with Crippen LogP contribution in [0.25, 0.3) is 0 Å². The molecule has 3 nitrogen and oxygen atoms in total. The molecule has 0 aromatic carbocycles. The molecule has 1 aromatic heterocycles. The molecule has 1 N–H and O–H groups in total. The van der Waals surface area contributed by atoms with Gasteiger partial charge in [0.2, 0.25) is 0 Å². The Balaban J connectivity index is 1.97. The Bertz CT molecular complexity index is 408. The lowest BCUT2D eigenvalue weighted by Crippen LogP contribution is -2.35. The third-order valence-electron chi connectivity index (χ3n) is 4.39. The molecule has 0 bridgehead atoms. The summed E-state index contributed by atoms with van der Waals surface area (Å²) in [6.07, 6.45) is 7.75. The molecule has 1 aromatic rings. The van der Waals surface area contributed by atoms with Crippen LogP contribution in [0.3, 0.4) is 0 Å². The molecular formula is C15H26ClN3. The summed E-state index contributed by atoms with van der Waals surface area (Å²) in [5.74, 6) is 0.855. The van der Waals surface area contributed by atoms with Crippen molar-refractivity contribution in [3.05, 3.63) is 16.4 Å². The zero-order chi connectivity index (χ0) is 13.8. The fourth-order valence-electron chi connectivity index (χ4n) is 3.37. The second kappa shape index (κ2) is 6.76. The molecule has 1 unspecified atom stereocenters. The van der Waals surface area contributed by atoms with E-state index in [2.05, 4.69) is 17.3 Å². The van der Waals surface area contributed by atoms with Crippen molar-refractivity contribution in [1.82, 2.24) is 15.1 Å². The van der Waals surface area contributed by atoms with Crippen molar-refractivity contribution in [2.24, 2.45) is 13.0 Å². The number of aryl methyl sites for hydroxylation is 2. The second-order valence-electron chi connectivity index (χ2n) is 5.72. The number of hydrogen-bond donors (Lipinski definition) is 1. The lowest BCUT2D eigenvalue weighted by Gasteiger charge is -2.24. The lowest BCUT2D eigenvalue weighted by molar-refractivity contribution is 0.344. The number of rotatable bonds is 6. The van der Waals surface area contributed by atoms with Crippen molar-refractivity contribution < 1.29 is 0 Å². The summed E-state index contributed by atoms with van der Waals surface area (Å²) in [6.45, 7) is 5.23. The van der Waals surface area contributed by atoms with E-state index in [-0.39, 0.29) is 0 Å².